The lowest BCUT2D eigenvalue weighted by molar-refractivity contribution is 0.0734. The molecule has 1 aliphatic carbocycles. The molecule has 3 heteroatoms. The largest absolute Gasteiger partial charge is 0.423 e. The van der Waals surface area contributed by atoms with Gasteiger partial charge in [-0.05, 0) is 66.6 Å². The van der Waals surface area contributed by atoms with Crippen molar-refractivity contribution in [2.45, 2.75) is 84.0 Å². The van der Waals surface area contributed by atoms with Gasteiger partial charge < -0.3 is 4.74 Å². The highest BCUT2D eigenvalue weighted by atomic mass is 79.9. The molecular weight excluding hydrogens is 448 g/mol. The van der Waals surface area contributed by atoms with E-state index >= 15 is 0 Å². The van der Waals surface area contributed by atoms with Crippen LogP contribution in [0.2, 0.25) is 0 Å². The van der Waals surface area contributed by atoms with Crippen LogP contribution in [0.25, 0.3) is 0 Å². The van der Waals surface area contributed by atoms with Gasteiger partial charge in [0.1, 0.15) is 5.75 Å². The Labute approximate surface area is 196 Å². The number of aryl methyl sites for hydroxylation is 1. The van der Waals surface area contributed by atoms with E-state index in [1.165, 1.54) is 76.2 Å². The first-order chi connectivity index (χ1) is 15.1. The van der Waals surface area contributed by atoms with Gasteiger partial charge in [0.25, 0.3) is 0 Å². The van der Waals surface area contributed by atoms with Crippen LogP contribution in [-0.2, 0) is 6.42 Å². The highest BCUT2D eigenvalue weighted by molar-refractivity contribution is 9.10. The number of esters is 1. The molecule has 0 amide bonds. The Morgan fingerprint density at radius 2 is 1.42 bits per heavy atom. The molecule has 3 rings (SSSR count). The van der Waals surface area contributed by atoms with E-state index in [4.69, 9.17) is 4.74 Å². The van der Waals surface area contributed by atoms with Crippen LogP contribution < -0.4 is 4.74 Å². The van der Waals surface area contributed by atoms with E-state index in [0.29, 0.717) is 11.3 Å². The standard InChI is InChI=1S/C28H37BrO2/c1-2-3-4-7-22-10-12-23(13-11-22)8-5-6-9-24-14-16-25(17-15-24)28(30)31-27-20-18-26(29)19-21-27/h14-23H,2-13H2,1H3. The average Bonchev–Trinajstić information content (AvgIpc) is 2.80. The smallest absolute Gasteiger partial charge is 0.343 e. The first-order valence-electron chi connectivity index (χ1n) is 12.2. The van der Waals surface area contributed by atoms with Crippen molar-refractivity contribution < 1.29 is 9.53 Å². The van der Waals surface area contributed by atoms with E-state index < -0.39 is 0 Å². The lowest BCUT2D eigenvalue weighted by Crippen LogP contribution is -2.14. The van der Waals surface area contributed by atoms with Gasteiger partial charge in [0.2, 0.25) is 0 Å². The molecule has 0 unspecified atom stereocenters. The minimum absolute atomic E-state index is 0.306. The number of hydrogen-bond donors (Lipinski definition) is 0. The predicted octanol–water partition coefficient (Wildman–Crippen LogP) is 8.77. The third kappa shape index (κ3) is 8.44. The number of ether oxygens (including phenoxy) is 1. The van der Waals surface area contributed by atoms with Gasteiger partial charge in [0.05, 0.1) is 5.56 Å². The molecule has 2 aromatic rings. The molecule has 0 N–H and O–H groups in total. The molecule has 2 nitrogen and oxygen atoms in total. The fraction of sp³-hybridized carbons (Fsp3) is 0.536. The summed E-state index contributed by atoms with van der Waals surface area (Å²) in [7, 11) is 0. The number of carbonyl (C=O) groups excluding carboxylic acids is 1. The van der Waals surface area contributed by atoms with Crippen LogP contribution in [0.5, 0.6) is 5.75 Å². The molecule has 2 aromatic carbocycles. The van der Waals surface area contributed by atoms with Gasteiger partial charge in [-0.3, -0.25) is 0 Å². The first kappa shape index (κ1) is 24.0. The van der Waals surface area contributed by atoms with E-state index in [9.17, 15) is 4.79 Å². The van der Waals surface area contributed by atoms with Gasteiger partial charge in [-0.15, -0.1) is 0 Å². The van der Waals surface area contributed by atoms with E-state index in [-0.39, 0.29) is 5.97 Å². The predicted molar refractivity (Wildman–Crippen MR) is 133 cm³/mol. The van der Waals surface area contributed by atoms with Crippen molar-refractivity contribution >= 4 is 21.9 Å². The Morgan fingerprint density at radius 1 is 0.839 bits per heavy atom. The minimum atomic E-state index is -0.306. The second-order valence-corrected chi connectivity index (χ2v) is 10.1. The monoisotopic (exact) mass is 484 g/mol. The zero-order valence-corrected chi connectivity index (χ0v) is 20.5. The zero-order valence-electron chi connectivity index (χ0n) is 19.0. The molecule has 0 heterocycles. The molecular formula is C28H37BrO2. The Hall–Kier alpha value is -1.61. The van der Waals surface area contributed by atoms with E-state index in [1.54, 1.807) is 12.1 Å². The summed E-state index contributed by atoms with van der Waals surface area (Å²) in [4.78, 5) is 12.3. The van der Waals surface area contributed by atoms with Gasteiger partial charge in [-0.25, -0.2) is 4.79 Å². The SMILES string of the molecule is CCCCCC1CCC(CCCCc2ccc(C(=O)Oc3ccc(Br)cc3)cc2)CC1. The van der Waals surface area contributed by atoms with Gasteiger partial charge >= 0.3 is 5.97 Å². The van der Waals surface area contributed by atoms with Crippen molar-refractivity contribution in [3.05, 3.63) is 64.1 Å². The molecule has 1 aliphatic rings. The highest BCUT2D eigenvalue weighted by Crippen LogP contribution is 2.34. The summed E-state index contributed by atoms with van der Waals surface area (Å²) in [6.45, 7) is 2.30. The number of carbonyl (C=O) groups is 1. The number of halogens is 1. The van der Waals surface area contributed by atoms with Gasteiger partial charge in [-0.1, -0.05) is 99.2 Å². The number of hydrogen-bond acceptors (Lipinski definition) is 2. The molecule has 0 atom stereocenters. The molecule has 1 fully saturated rings. The molecule has 1 saturated carbocycles. The second-order valence-electron chi connectivity index (χ2n) is 9.17. The van der Waals surface area contributed by atoms with Crippen LogP contribution in [0.4, 0.5) is 0 Å². The molecule has 168 valence electrons. The zero-order chi connectivity index (χ0) is 21.9. The molecule has 0 aromatic heterocycles. The van der Waals surface area contributed by atoms with Crippen LogP contribution in [-0.4, -0.2) is 5.97 Å². The summed E-state index contributed by atoms with van der Waals surface area (Å²) in [6.07, 6.45) is 16.5. The third-order valence-electron chi connectivity index (χ3n) is 6.72. The van der Waals surface area contributed by atoms with Crippen molar-refractivity contribution in [1.82, 2.24) is 0 Å². The normalized spacial score (nSPS) is 18.6. The topological polar surface area (TPSA) is 26.3 Å². The molecule has 0 radical (unpaired) electrons. The van der Waals surface area contributed by atoms with Crippen LogP contribution in [0.1, 0.15) is 93.5 Å². The summed E-state index contributed by atoms with van der Waals surface area (Å²) in [5.74, 6) is 2.22. The quantitative estimate of drug-likeness (QED) is 0.181. The first-order valence-corrected chi connectivity index (χ1v) is 13.0. The number of unbranched alkanes of at least 4 members (excludes halogenated alkanes) is 3. The van der Waals surface area contributed by atoms with Crippen LogP contribution in [0, 0.1) is 11.8 Å². The molecule has 0 aliphatic heterocycles. The van der Waals surface area contributed by atoms with E-state index in [1.807, 2.05) is 24.3 Å². The van der Waals surface area contributed by atoms with E-state index in [0.717, 1.165) is 22.7 Å². The van der Waals surface area contributed by atoms with Crippen molar-refractivity contribution in [3.8, 4) is 5.75 Å². The summed E-state index contributed by atoms with van der Waals surface area (Å²) >= 11 is 3.38. The Kier molecular flexibility index (Phi) is 10.1. The Morgan fingerprint density at radius 3 is 2.00 bits per heavy atom. The third-order valence-corrected chi connectivity index (χ3v) is 7.25. The number of benzene rings is 2. The second kappa shape index (κ2) is 13.1. The minimum Gasteiger partial charge on any atom is -0.423 e. The van der Waals surface area contributed by atoms with Gasteiger partial charge in [0.15, 0.2) is 0 Å². The molecule has 0 spiro atoms. The maximum atomic E-state index is 12.3. The molecule has 0 bridgehead atoms. The van der Waals surface area contributed by atoms with Crippen LogP contribution >= 0.6 is 15.9 Å². The Bertz CT molecular complexity index is 774. The van der Waals surface area contributed by atoms with Gasteiger partial charge in [-0.2, -0.15) is 0 Å². The van der Waals surface area contributed by atoms with E-state index in [2.05, 4.69) is 35.0 Å². The molecule has 31 heavy (non-hydrogen) atoms. The average molecular weight is 486 g/mol. The summed E-state index contributed by atoms with van der Waals surface area (Å²) in [5, 5.41) is 0. The fourth-order valence-corrected chi connectivity index (χ4v) is 4.99. The van der Waals surface area contributed by atoms with Crippen molar-refractivity contribution in [2.75, 3.05) is 0 Å². The highest BCUT2D eigenvalue weighted by Gasteiger charge is 2.20. The van der Waals surface area contributed by atoms with Crippen molar-refractivity contribution in [3.63, 3.8) is 0 Å². The van der Waals surface area contributed by atoms with Crippen molar-refractivity contribution in [1.29, 1.82) is 0 Å². The summed E-state index contributed by atoms with van der Waals surface area (Å²) in [5.41, 5.74) is 1.90. The Balaban J connectivity index is 1.32. The van der Waals surface area contributed by atoms with Gasteiger partial charge in [0, 0.05) is 4.47 Å². The fourth-order valence-electron chi connectivity index (χ4n) is 4.73. The lowest BCUT2D eigenvalue weighted by Gasteiger charge is -2.28. The van der Waals surface area contributed by atoms with Crippen LogP contribution in [0.15, 0.2) is 53.0 Å². The lowest BCUT2D eigenvalue weighted by atomic mass is 9.78. The van der Waals surface area contributed by atoms with Crippen LogP contribution in [0.3, 0.4) is 0 Å². The maximum Gasteiger partial charge on any atom is 0.343 e. The molecule has 0 saturated heterocycles. The number of rotatable bonds is 11. The summed E-state index contributed by atoms with van der Waals surface area (Å²) < 4.78 is 6.40. The van der Waals surface area contributed by atoms with Crippen molar-refractivity contribution in [2.24, 2.45) is 11.8 Å². The maximum absolute atomic E-state index is 12.3. The summed E-state index contributed by atoms with van der Waals surface area (Å²) in [6, 6.07) is 15.2.